The summed E-state index contributed by atoms with van der Waals surface area (Å²) in [5.41, 5.74) is 2.86. The fourth-order valence-electron chi connectivity index (χ4n) is 3.01. The van der Waals surface area contributed by atoms with Crippen molar-refractivity contribution in [1.82, 2.24) is 9.38 Å². The Kier molecular flexibility index (Phi) is 5.02. The van der Waals surface area contributed by atoms with Gasteiger partial charge in [-0.2, -0.15) is 0 Å². The van der Waals surface area contributed by atoms with E-state index in [9.17, 15) is 14.4 Å². The first-order chi connectivity index (χ1) is 14.4. The molecule has 0 saturated carbocycles. The first-order valence-corrected chi connectivity index (χ1v) is 9.28. The molecular formula is C23H18N2O5. The summed E-state index contributed by atoms with van der Waals surface area (Å²) in [6, 6.07) is 15.0. The van der Waals surface area contributed by atoms with E-state index in [1.165, 1.54) is 23.5 Å². The lowest BCUT2D eigenvalue weighted by molar-refractivity contribution is 0.0432. The molecule has 4 rings (SSSR count). The molecule has 0 atom stereocenters. The maximum Gasteiger partial charge on any atom is 0.374 e. The molecule has 0 fully saturated rings. The van der Waals surface area contributed by atoms with Gasteiger partial charge in [-0.05, 0) is 37.6 Å². The van der Waals surface area contributed by atoms with E-state index in [0.717, 1.165) is 11.1 Å². The number of hydrogen-bond donors (Lipinski definition) is 0. The van der Waals surface area contributed by atoms with Crippen LogP contribution < -0.4 is 5.56 Å². The van der Waals surface area contributed by atoms with Crippen LogP contribution in [0.2, 0.25) is 0 Å². The number of hydrogen-bond acceptors (Lipinski definition) is 6. The van der Waals surface area contributed by atoms with Crippen LogP contribution in [-0.4, -0.2) is 21.1 Å². The van der Waals surface area contributed by atoms with Gasteiger partial charge in [-0.15, -0.1) is 0 Å². The number of ether oxygens (including phenoxy) is 1. The van der Waals surface area contributed by atoms with Crippen molar-refractivity contribution in [2.75, 3.05) is 0 Å². The number of ketones is 1. The summed E-state index contributed by atoms with van der Waals surface area (Å²) in [6.45, 7) is 3.23. The molecule has 3 heterocycles. The average Bonchev–Trinajstić information content (AvgIpc) is 3.23. The summed E-state index contributed by atoms with van der Waals surface area (Å²) >= 11 is 0. The molecule has 0 amide bonds. The van der Waals surface area contributed by atoms with Crippen LogP contribution in [0.1, 0.15) is 39.1 Å². The largest absolute Gasteiger partial charge is 0.453 e. The molecular weight excluding hydrogens is 384 g/mol. The Labute approximate surface area is 171 Å². The van der Waals surface area contributed by atoms with Gasteiger partial charge < -0.3 is 9.15 Å². The standard InChI is InChI=1S/C23H18N2O5/c1-14-3-10-21-24-18(11-22(27)25(21)12-14)13-29-23(28)20-9-8-19(30-20)17-6-4-16(5-7-17)15(2)26/h3-12H,13H2,1-2H3. The molecule has 7 heteroatoms. The highest BCUT2D eigenvalue weighted by atomic mass is 16.5. The smallest absolute Gasteiger partial charge is 0.374 e. The number of nitrogens with zero attached hydrogens (tertiary/aromatic N) is 2. The lowest BCUT2D eigenvalue weighted by atomic mass is 10.1. The lowest BCUT2D eigenvalue weighted by Crippen LogP contribution is -2.16. The number of pyridine rings is 1. The van der Waals surface area contributed by atoms with Gasteiger partial charge in [-0.1, -0.05) is 30.3 Å². The van der Waals surface area contributed by atoms with Crippen LogP contribution in [0.15, 0.2) is 70.0 Å². The third-order valence-electron chi connectivity index (χ3n) is 4.59. The van der Waals surface area contributed by atoms with Crippen LogP contribution in [0, 0.1) is 6.92 Å². The molecule has 7 nitrogen and oxygen atoms in total. The van der Waals surface area contributed by atoms with Crippen LogP contribution >= 0.6 is 0 Å². The second-order valence-electron chi connectivity index (χ2n) is 6.89. The number of esters is 1. The summed E-state index contributed by atoms with van der Waals surface area (Å²) in [6.07, 6.45) is 1.70. The zero-order valence-corrected chi connectivity index (χ0v) is 16.4. The number of aromatic nitrogens is 2. The predicted molar refractivity (Wildman–Crippen MR) is 109 cm³/mol. The van der Waals surface area contributed by atoms with Crippen molar-refractivity contribution in [3.63, 3.8) is 0 Å². The van der Waals surface area contributed by atoms with Crippen molar-refractivity contribution >= 4 is 17.4 Å². The predicted octanol–water partition coefficient (Wildman–Crippen LogP) is 3.82. The zero-order valence-electron chi connectivity index (χ0n) is 16.4. The minimum Gasteiger partial charge on any atom is -0.453 e. The summed E-state index contributed by atoms with van der Waals surface area (Å²) in [5.74, 6) is -0.168. The number of carbonyl (C=O) groups excluding carboxylic acids is 2. The average molecular weight is 402 g/mol. The van der Waals surface area contributed by atoms with Crippen LogP contribution in [0.5, 0.6) is 0 Å². The maximum absolute atomic E-state index is 12.3. The van der Waals surface area contributed by atoms with E-state index in [-0.39, 0.29) is 23.7 Å². The molecule has 0 aliphatic carbocycles. The van der Waals surface area contributed by atoms with Crippen molar-refractivity contribution < 1.29 is 18.7 Å². The SMILES string of the molecule is CC(=O)c1ccc(-c2ccc(C(=O)OCc3cc(=O)n4cc(C)ccc4n3)o2)cc1. The fraction of sp³-hybridized carbons (Fsp3) is 0.130. The number of benzene rings is 1. The number of rotatable bonds is 5. The highest BCUT2D eigenvalue weighted by Crippen LogP contribution is 2.23. The Bertz CT molecular complexity index is 1320. The highest BCUT2D eigenvalue weighted by molar-refractivity contribution is 5.94. The van der Waals surface area contributed by atoms with Gasteiger partial charge in [0.05, 0.1) is 5.69 Å². The van der Waals surface area contributed by atoms with Crippen molar-refractivity contribution in [1.29, 1.82) is 0 Å². The quantitative estimate of drug-likeness (QED) is 0.372. The summed E-state index contributed by atoms with van der Waals surface area (Å²) in [5, 5.41) is 0. The molecule has 0 aliphatic heterocycles. The summed E-state index contributed by atoms with van der Waals surface area (Å²) in [4.78, 5) is 40.3. The monoisotopic (exact) mass is 402 g/mol. The number of furan rings is 1. The van der Waals surface area contributed by atoms with E-state index in [2.05, 4.69) is 4.98 Å². The summed E-state index contributed by atoms with van der Waals surface area (Å²) < 4.78 is 12.3. The molecule has 4 aromatic rings. The number of fused-ring (bicyclic) bond motifs is 1. The van der Waals surface area contributed by atoms with Crippen molar-refractivity contribution in [2.24, 2.45) is 0 Å². The van der Waals surface area contributed by atoms with Crippen molar-refractivity contribution in [3.8, 4) is 11.3 Å². The molecule has 0 spiro atoms. The van der Waals surface area contributed by atoms with E-state index in [0.29, 0.717) is 22.7 Å². The second kappa shape index (κ2) is 7.79. The van der Waals surface area contributed by atoms with Crippen LogP contribution in [-0.2, 0) is 11.3 Å². The minimum atomic E-state index is -0.660. The van der Waals surface area contributed by atoms with E-state index in [4.69, 9.17) is 9.15 Å². The molecule has 0 unspecified atom stereocenters. The third kappa shape index (κ3) is 3.91. The zero-order chi connectivity index (χ0) is 21.3. The second-order valence-corrected chi connectivity index (χ2v) is 6.89. The Hall–Kier alpha value is -4.00. The molecule has 0 aliphatic rings. The lowest BCUT2D eigenvalue weighted by Gasteiger charge is -2.05. The Morgan fingerprint density at radius 3 is 2.57 bits per heavy atom. The molecule has 0 saturated heterocycles. The molecule has 30 heavy (non-hydrogen) atoms. The van der Waals surface area contributed by atoms with Gasteiger partial charge in [0.2, 0.25) is 5.76 Å². The van der Waals surface area contributed by atoms with Gasteiger partial charge in [0, 0.05) is 23.4 Å². The maximum atomic E-state index is 12.3. The van der Waals surface area contributed by atoms with E-state index in [1.807, 2.05) is 13.0 Å². The van der Waals surface area contributed by atoms with Gasteiger partial charge in [0.1, 0.15) is 18.0 Å². The van der Waals surface area contributed by atoms with Crippen LogP contribution in [0.4, 0.5) is 0 Å². The van der Waals surface area contributed by atoms with Crippen LogP contribution in [0.3, 0.4) is 0 Å². The van der Waals surface area contributed by atoms with Gasteiger partial charge in [0.15, 0.2) is 5.78 Å². The third-order valence-corrected chi connectivity index (χ3v) is 4.59. The van der Waals surface area contributed by atoms with Gasteiger partial charge in [0.25, 0.3) is 5.56 Å². The number of Topliss-reactive ketones (excluding diaryl/α,β-unsaturated/α-hetero) is 1. The summed E-state index contributed by atoms with van der Waals surface area (Å²) in [7, 11) is 0. The van der Waals surface area contributed by atoms with Gasteiger partial charge in [-0.25, -0.2) is 9.78 Å². The molecule has 3 aromatic heterocycles. The molecule has 1 aromatic carbocycles. The van der Waals surface area contributed by atoms with Crippen molar-refractivity contribution in [3.05, 3.63) is 93.7 Å². The molecule has 0 bridgehead atoms. The highest BCUT2D eigenvalue weighted by Gasteiger charge is 2.15. The molecule has 0 radical (unpaired) electrons. The first kappa shape index (κ1) is 19.3. The normalized spacial score (nSPS) is 10.9. The topological polar surface area (TPSA) is 90.9 Å². The molecule has 150 valence electrons. The van der Waals surface area contributed by atoms with E-state index < -0.39 is 5.97 Å². The van der Waals surface area contributed by atoms with Gasteiger partial charge >= 0.3 is 5.97 Å². The fourth-order valence-corrected chi connectivity index (χ4v) is 3.01. The minimum absolute atomic E-state index is 0.0256. The van der Waals surface area contributed by atoms with Crippen LogP contribution in [0.25, 0.3) is 17.0 Å². The Balaban J connectivity index is 1.47. The van der Waals surface area contributed by atoms with E-state index in [1.54, 1.807) is 42.6 Å². The van der Waals surface area contributed by atoms with E-state index >= 15 is 0 Å². The number of aryl methyl sites for hydroxylation is 1. The van der Waals surface area contributed by atoms with Gasteiger partial charge in [-0.3, -0.25) is 14.0 Å². The van der Waals surface area contributed by atoms with Crippen molar-refractivity contribution in [2.45, 2.75) is 20.5 Å². The Morgan fingerprint density at radius 1 is 1.07 bits per heavy atom. The Morgan fingerprint density at radius 2 is 1.83 bits per heavy atom. The number of carbonyl (C=O) groups is 2. The molecule has 0 N–H and O–H groups in total. The first-order valence-electron chi connectivity index (χ1n) is 9.28.